The van der Waals surface area contributed by atoms with Gasteiger partial charge in [0.2, 0.25) is 5.91 Å². The first-order valence-electron chi connectivity index (χ1n) is 12.7. The number of methoxy groups -OCH3 is 1. The van der Waals surface area contributed by atoms with E-state index in [9.17, 15) is 29.6 Å². The molecule has 202 valence electrons. The van der Waals surface area contributed by atoms with E-state index in [0.717, 1.165) is 23.4 Å². The molecule has 3 aliphatic heterocycles. The lowest BCUT2D eigenvalue weighted by Crippen LogP contribution is -2.49. The van der Waals surface area contributed by atoms with E-state index in [0.29, 0.717) is 26.1 Å². The van der Waals surface area contributed by atoms with Crippen molar-refractivity contribution in [3.05, 3.63) is 63.2 Å². The molecule has 2 N–H and O–H groups in total. The third-order valence-corrected chi connectivity index (χ3v) is 7.68. The Balaban J connectivity index is 1.16. The zero-order valence-corrected chi connectivity index (χ0v) is 21.0. The van der Waals surface area contributed by atoms with Gasteiger partial charge in [-0.15, -0.1) is 0 Å². The maximum Gasteiger partial charge on any atom is 0.324 e. The Hall–Kier alpha value is -3.90. The predicted molar refractivity (Wildman–Crippen MR) is 136 cm³/mol. The highest BCUT2D eigenvalue weighted by atomic mass is 16.8. The standard InChI is InChI=1S/C26H30N5O7/c1-38-19-4-2-16(3-5-19)10-11-29-24(33)20(27-26(29)35)6-9-23(32)28-13-17-12-18(15-28)21-7-8-22(31(36)37)25(34)30(21)14-17/h2-5,7-8,17-18,20,36H,6,9-15H2,1H3,(H,27,35)/q-1/t17-,18+,20+/m1/s1. The third-order valence-electron chi connectivity index (χ3n) is 7.68. The van der Waals surface area contributed by atoms with Crippen molar-refractivity contribution in [3.8, 4) is 5.75 Å². The summed E-state index contributed by atoms with van der Waals surface area (Å²) in [6.07, 6.45) is 1.67. The smallest absolute Gasteiger partial charge is 0.324 e. The van der Waals surface area contributed by atoms with E-state index in [-0.39, 0.29) is 48.7 Å². The van der Waals surface area contributed by atoms with Crippen molar-refractivity contribution in [1.82, 2.24) is 19.7 Å². The van der Waals surface area contributed by atoms with Crippen LogP contribution in [0.15, 0.2) is 41.2 Å². The fourth-order valence-corrected chi connectivity index (χ4v) is 5.73. The van der Waals surface area contributed by atoms with Gasteiger partial charge in [-0.3, -0.25) is 24.5 Å². The number of carbonyl (C=O) groups excluding carboxylic acids is 3. The molecule has 1 aromatic carbocycles. The minimum atomic E-state index is -0.738. The number of piperidine rings is 1. The number of anilines is 1. The summed E-state index contributed by atoms with van der Waals surface area (Å²) in [4.78, 5) is 53.9. The average molecular weight is 525 g/mol. The second-order valence-electron chi connectivity index (χ2n) is 10.1. The van der Waals surface area contributed by atoms with Crippen molar-refractivity contribution in [2.24, 2.45) is 5.92 Å². The Bertz CT molecular complexity index is 1290. The molecule has 0 radical (unpaired) electrons. The second-order valence-corrected chi connectivity index (χ2v) is 10.1. The van der Waals surface area contributed by atoms with Crippen molar-refractivity contribution in [2.45, 2.75) is 44.2 Å². The van der Waals surface area contributed by atoms with Crippen molar-refractivity contribution in [1.29, 1.82) is 0 Å². The molecule has 4 amide bonds. The lowest BCUT2D eigenvalue weighted by atomic mass is 9.83. The normalized spacial score (nSPS) is 22.2. The number of hydrogen-bond donors (Lipinski definition) is 2. The Morgan fingerprint density at radius 3 is 2.61 bits per heavy atom. The topological polar surface area (TPSA) is 147 Å². The molecule has 4 heterocycles. The average Bonchev–Trinajstić information content (AvgIpc) is 3.18. The van der Waals surface area contributed by atoms with E-state index >= 15 is 0 Å². The fraction of sp³-hybridized carbons (Fsp3) is 0.462. The predicted octanol–water partition coefficient (Wildman–Crippen LogP) is 1.44. The molecule has 1 aromatic heterocycles. The van der Waals surface area contributed by atoms with E-state index in [1.54, 1.807) is 18.1 Å². The quantitative estimate of drug-likeness (QED) is 0.389. The summed E-state index contributed by atoms with van der Waals surface area (Å²) >= 11 is 0. The van der Waals surface area contributed by atoms with Crippen molar-refractivity contribution in [2.75, 3.05) is 32.0 Å². The van der Waals surface area contributed by atoms with Crippen LogP contribution in [-0.4, -0.2) is 70.2 Å². The maximum atomic E-state index is 13.1. The molecule has 38 heavy (non-hydrogen) atoms. The summed E-state index contributed by atoms with van der Waals surface area (Å²) in [5, 5.41) is 22.7. The van der Waals surface area contributed by atoms with Crippen LogP contribution in [0.5, 0.6) is 5.75 Å². The summed E-state index contributed by atoms with van der Waals surface area (Å²) in [6.45, 7) is 1.49. The van der Waals surface area contributed by atoms with Gasteiger partial charge in [0, 0.05) is 44.2 Å². The first-order chi connectivity index (χ1) is 18.2. The first-order valence-corrected chi connectivity index (χ1v) is 12.7. The molecule has 0 unspecified atom stereocenters. The summed E-state index contributed by atoms with van der Waals surface area (Å²) < 4.78 is 6.66. The molecule has 3 aliphatic rings. The molecule has 0 aliphatic carbocycles. The number of urea groups is 1. The lowest BCUT2D eigenvalue weighted by molar-refractivity contribution is -0.134. The minimum absolute atomic E-state index is 0.0400. The molecule has 0 saturated carbocycles. The molecule has 2 saturated heterocycles. The number of fused-ring (bicyclic) bond motifs is 4. The van der Waals surface area contributed by atoms with Crippen LogP contribution in [0.2, 0.25) is 0 Å². The molecule has 12 heteroatoms. The molecule has 2 aromatic rings. The van der Waals surface area contributed by atoms with Gasteiger partial charge in [-0.1, -0.05) is 12.1 Å². The van der Waals surface area contributed by atoms with E-state index in [1.807, 2.05) is 24.3 Å². The molecule has 12 nitrogen and oxygen atoms in total. The van der Waals surface area contributed by atoms with Crippen molar-refractivity contribution < 1.29 is 24.3 Å². The van der Waals surface area contributed by atoms with Gasteiger partial charge in [-0.05, 0) is 55.0 Å². The lowest BCUT2D eigenvalue weighted by Gasteiger charge is -2.43. The number of nitrogens with one attached hydrogen (secondary N) is 1. The summed E-state index contributed by atoms with van der Waals surface area (Å²) in [5.74, 6) is 0.279. The number of aromatic nitrogens is 1. The Morgan fingerprint density at radius 1 is 1.13 bits per heavy atom. The van der Waals surface area contributed by atoms with E-state index < -0.39 is 22.9 Å². The van der Waals surface area contributed by atoms with E-state index in [1.165, 1.54) is 15.5 Å². The highest BCUT2D eigenvalue weighted by Gasteiger charge is 2.39. The Kier molecular flexibility index (Phi) is 7.09. The van der Waals surface area contributed by atoms with Crippen LogP contribution >= 0.6 is 0 Å². The first kappa shape index (κ1) is 25.7. The number of ether oxygens (including phenoxy) is 1. The minimum Gasteiger partial charge on any atom is -0.733 e. The summed E-state index contributed by atoms with van der Waals surface area (Å²) in [7, 11) is 1.59. The molecule has 0 spiro atoms. The SMILES string of the molecule is COc1ccc(CCN2C(=O)N[C@@H](CCC(=O)N3C[C@H]4C[C@@H](C3)c3ccc(N([O-])O)c(=O)n3C4)C2=O)cc1. The van der Waals surface area contributed by atoms with Gasteiger partial charge < -0.3 is 30.0 Å². The number of hydrogen-bond acceptors (Lipinski definition) is 8. The molecule has 3 atom stereocenters. The largest absolute Gasteiger partial charge is 0.733 e. The highest BCUT2D eigenvalue weighted by molar-refractivity contribution is 6.04. The van der Waals surface area contributed by atoms with Crippen LogP contribution < -0.4 is 20.8 Å². The summed E-state index contributed by atoms with van der Waals surface area (Å²) in [5.41, 5.74) is 0.840. The molecule has 5 rings (SSSR count). The van der Waals surface area contributed by atoms with Gasteiger partial charge in [0.05, 0.1) is 7.11 Å². The molecule has 2 fully saturated rings. The fourth-order valence-electron chi connectivity index (χ4n) is 5.73. The van der Waals surface area contributed by atoms with Gasteiger partial charge in [0.25, 0.3) is 11.5 Å². The van der Waals surface area contributed by atoms with E-state index in [2.05, 4.69) is 5.32 Å². The van der Waals surface area contributed by atoms with Gasteiger partial charge >= 0.3 is 6.03 Å². The van der Waals surface area contributed by atoms with E-state index in [4.69, 9.17) is 4.74 Å². The molecular weight excluding hydrogens is 494 g/mol. The molecular formula is C26H30N5O7-. The highest BCUT2D eigenvalue weighted by Crippen LogP contribution is 2.36. The zero-order chi connectivity index (χ0) is 27.0. The van der Waals surface area contributed by atoms with Crippen LogP contribution in [0.25, 0.3) is 0 Å². The Labute approximate surface area is 218 Å². The van der Waals surface area contributed by atoms with Crippen molar-refractivity contribution >= 4 is 23.5 Å². The van der Waals surface area contributed by atoms with Gasteiger partial charge in [-0.2, -0.15) is 0 Å². The molecule has 2 bridgehead atoms. The van der Waals surface area contributed by atoms with Crippen LogP contribution in [0.3, 0.4) is 0 Å². The third kappa shape index (κ3) is 4.96. The monoisotopic (exact) mass is 524 g/mol. The van der Waals surface area contributed by atoms with Gasteiger partial charge in [0.1, 0.15) is 17.5 Å². The second kappa shape index (κ2) is 10.5. The number of carbonyl (C=O) groups is 3. The number of pyridine rings is 1. The zero-order valence-electron chi connectivity index (χ0n) is 21.0. The Morgan fingerprint density at radius 2 is 1.89 bits per heavy atom. The van der Waals surface area contributed by atoms with Gasteiger partial charge in [0.15, 0.2) is 0 Å². The van der Waals surface area contributed by atoms with Crippen LogP contribution in [0, 0.1) is 11.1 Å². The van der Waals surface area contributed by atoms with Crippen LogP contribution in [0.4, 0.5) is 10.5 Å². The van der Waals surface area contributed by atoms with Crippen molar-refractivity contribution in [3.63, 3.8) is 0 Å². The van der Waals surface area contributed by atoms with Crippen LogP contribution in [0.1, 0.15) is 36.4 Å². The van der Waals surface area contributed by atoms with Gasteiger partial charge in [-0.25, -0.2) is 4.79 Å². The van der Waals surface area contributed by atoms with Crippen LogP contribution in [-0.2, 0) is 22.6 Å². The number of benzene rings is 1. The maximum absolute atomic E-state index is 13.1. The number of imide groups is 1. The number of likely N-dealkylation sites (tertiary alicyclic amines) is 1. The number of rotatable bonds is 8. The number of nitrogens with zero attached hydrogens (tertiary/aromatic N) is 4. The number of amides is 4. The summed E-state index contributed by atoms with van der Waals surface area (Å²) in [6, 6.07) is 9.20.